The fourth-order valence-corrected chi connectivity index (χ4v) is 5.35. The van der Waals surface area contributed by atoms with Gasteiger partial charge in [-0.2, -0.15) is 4.31 Å². The Bertz CT molecular complexity index is 1100. The van der Waals surface area contributed by atoms with Crippen LogP contribution in [-0.2, 0) is 10.0 Å². The molecule has 0 amide bonds. The number of sulfonamides is 1. The van der Waals surface area contributed by atoms with E-state index >= 15 is 0 Å². The van der Waals surface area contributed by atoms with Crippen LogP contribution < -0.4 is 9.80 Å². The summed E-state index contributed by atoms with van der Waals surface area (Å²) in [5, 5.41) is 4.56. The van der Waals surface area contributed by atoms with Crippen LogP contribution in [0.5, 0.6) is 0 Å². The van der Waals surface area contributed by atoms with Crippen LogP contribution in [0.25, 0.3) is 10.9 Å². The number of hydrogen-bond donors (Lipinski definition) is 0. The van der Waals surface area contributed by atoms with Gasteiger partial charge in [-0.15, -0.1) is 0 Å². The van der Waals surface area contributed by atoms with E-state index in [4.69, 9.17) is 4.52 Å². The Morgan fingerprint density at radius 1 is 0.931 bits per heavy atom. The number of aromatic nitrogens is 3. The molecule has 10 heteroatoms. The maximum absolute atomic E-state index is 12.6. The molecule has 2 fully saturated rings. The SMILES string of the molecule is O=S(=O)(c1cnoc1)N1CCN(c2ccc3ncnc(N4CCCC4)c3c2)CC1. The zero-order chi connectivity index (χ0) is 19.8. The van der Waals surface area contributed by atoms with E-state index in [-0.39, 0.29) is 4.90 Å². The molecule has 2 aliphatic heterocycles. The Labute approximate surface area is 169 Å². The van der Waals surface area contributed by atoms with Crippen molar-refractivity contribution in [1.82, 2.24) is 19.4 Å². The molecular weight excluding hydrogens is 392 g/mol. The third-order valence-electron chi connectivity index (χ3n) is 5.65. The molecule has 1 aromatic carbocycles. The normalized spacial score (nSPS) is 18.6. The summed E-state index contributed by atoms with van der Waals surface area (Å²) in [6.07, 6.45) is 6.42. The zero-order valence-corrected chi connectivity index (χ0v) is 16.8. The second-order valence-electron chi connectivity index (χ2n) is 7.34. The van der Waals surface area contributed by atoms with Crippen LogP contribution in [0, 0.1) is 0 Å². The van der Waals surface area contributed by atoms with Crippen molar-refractivity contribution in [1.29, 1.82) is 0 Å². The standard InChI is InChI=1S/C19H22N6O3S/c26-29(27,16-12-22-28-13-16)25-9-7-23(8-10-25)15-3-4-18-17(11-15)19(21-14-20-18)24-5-1-2-6-24/h3-4,11-14H,1-2,5-10H2. The molecule has 9 nitrogen and oxygen atoms in total. The van der Waals surface area contributed by atoms with Crippen molar-refractivity contribution in [2.24, 2.45) is 0 Å². The third-order valence-corrected chi connectivity index (χ3v) is 7.50. The molecule has 152 valence electrons. The molecule has 0 unspecified atom stereocenters. The maximum atomic E-state index is 12.6. The highest BCUT2D eigenvalue weighted by atomic mass is 32.2. The average molecular weight is 414 g/mol. The predicted octanol–water partition coefficient (Wildman–Crippen LogP) is 1.73. The first-order chi connectivity index (χ1) is 14.1. The molecule has 0 spiro atoms. The van der Waals surface area contributed by atoms with E-state index in [0.717, 1.165) is 35.5 Å². The molecule has 2 aromatic heterocycles. The van der Waals surface area contributed by atoms with Crippen molar-refractivity contribution in [3.8, 4) is 0 Å². The number of nitrogens with zero attached hydrogens (tertiary/aromatic N) is 6. The average Bonchev–Trinajstić information content (AvgIpc) is 3.47. The van der Waals surface area contributed by atoms with Gasteiger partial charge in [-0.05, 0) is 31.0 Å². The topological polar surface area (TPSA) is 95.7 Å². The lowest BCUT2D eigenvalue weighted by Crippen LogP contribution is -2.48. The second kappa shape index (κ2) is 7.27. The number of piperazine rings is 1. The molecule has 3 aromatic rings. The Morgan fingerprint density at radius 2 is 1.72 bits per heavy atom. The highest BCUT2D eigenvalue weighted by Gasteiger charge is 2.30. The second-order valence-corrected chi connectivity index (χ2v) is 9.28. The van der Waals surface area contributed by atoms with Gasteiger partial charge in [0, 0.05) is 50.3 Å². The molecule has 0 N–H and O–H groups in total. The van der Waals surface area contributed by atoms with Crippen LogP contribution in [0.15, 0.2) is 46.4 Å². The van der Waals surface area contributed by atoms with Gasteiger partial charge in [-0.1, -0.05) is 5.16 Å². The molecule has 2 saturated heterocycles. The summed E-state index contributed by atoms with van der Waals surface area (Å²) in [6.45, 7) is 4.10. The first-order valence-electron chi connectivity index (χ1n) is 9.77. The van der Waals surface area contributed by atoms with Gasteiger partial charge in [0.15, 0.2) is 0 Å². The highest BCUT2D eigenvalue weighted by molar-refractivity contribution is 7.89. The Morgan fingerprint density at radius 3 is 2.45 bits per heavy atom. The Hall–Kier alpha value is -2.72. The van der Waals surface area contributed by atoms with Crippen molar-refractivity contribution in [2.45, 2.75) is 17.7 Å². The first-order valence-corrected chi connectivity index (χ1v) is 11.2. The molecule has 29 heavy (non-hydrogen) atoms. The predicted molar refractivity (Wildman–Crippen MR) is 108 cm³/mol. The third kappa shape index (κ3) is 3.32. The highest BCUT2D eigenvalue weighted by Crippen LogP contribution is 2.30. The van der Waals surface area contributed by atoms with Gasteiger partial charge >= 0.3 is 0 Å². The quantitative estimate of drug-likeness (QED) is 0.637. The summed E-state index contributed by atoms with van der Waals surface area (Å²) in [5.41, 5.74) is 1.99. The van der Waals surface area contributed by atoms with Gasteiger partial charge in [0.2, 0.25) is 10.0 Å². The lowest BCUT2D eigenvalue weighted by Gasteiger charge is -2.35. The van der Waals surface area contributed by atoms with E-state index < -0.39 is 10.0 Å². The Kier molecular flexibility index (Phi) is 4.59. The first kappa shape index (κ1) is 18.3. The summed E-state index contributed by atoms with van der Waals surface area (Å²) in [7, 11) is -3.55. The van der Waals surface area contributed by atoms with Gasteiger partial charge in [-0.3, -0.25) is 0 Å². The van der Waals surface area contributed by atoms with Crippen LogP contribution in [0.1, 0.15) is 12.8 Å². The lowest BCUT2D eigenvalue weighted by molar-refractivity contribution is 0.383. The summed E-state index contributed by atoms with van der Waals surface area (Å²) in [4.78, 5) is 13.6. The van der Waals surface area contributed by atoms with Crippen molar-refractivity contribution >= 4 is 32.4 Å². The molecule has 0 atom stereocenters. The van der Waals surface area contributed by atoms with E-state index in [1.54, 1.807) is 6.33 Å². The fourth-order valence-electron chi connectivity index (χ4n) is 4.07. The van der Waals surface area contributed by atoms with Crippen LogP contribution in [-0.4, -0.2) is 67.1 Å². The molecule has 0 bridgehead atoms. The summed E-state index contributed by atoms with van der Waals surface area (Å²) < 4.78 is 31.5. The zero-order valence-electron chi connectivity index (χ0n) is 15.9. The Balaban J connectivity index is 1.37. The lowest BCUT2D eigenvalue weighted by atomic mass is 10.1. The van der Waals surface area contributed by atoms with Crippen molar-refractivity contribution < 1.29 is 12.9 Å². The number of fused-ring (bicyclic) bond motifs is 1. The minimum atomic E-state index is -3.55. The van der Waals surface area contributed by atoms with E-state index in [9.17, 15) is 8.42 Å². The molecule has 4 heterocycles. The van der Waals surface area contributed by atoms with Crippen molar-refractivity contribution in [2.75, 3.05) is 49.1 Å². The summed E-state index contributed by atoms with van der Waals surface area (Å²) in [6, 6.07) is 6.20. The van der Waals surface area contributed by atoms with Crippen molar-refractivity contribution in [3.63, 3.8) is 0 Å². The van der Waals surface area contributed by atoms with E-state index in [1.807, 2.05) is 12.1 Å². The molecule has 0 saturated carbocycles. The van der Waals surface area contributed by atoms with Crippen molar-refractivity contribution in [3.05, 3.63) is 37.0 Å². The molecular formula is C19H22N6O3S. The van der Waals surface area contributed by atoms with E-state index in [2.05, 4.69) is 31.0 Å². The fraction of sp³-hybridized carbons (Fsp3) is 0.421. The molecule has 0 radical (unpaired) electrons. The minimum Gasteiger partial charge on any atom is -0.369 e. The summed E-state index contributed by atoms with van der Waals surface area (Å²) >= 11 is 0. The van der Waals surface area contributed by atoms with E-state index in [1.165, 1.54) is 29.6 Å². The van der Waals surface area contributed by atoms with Gasteiger partial charge in [-0.25, -0.2) is 18.4 Å². The van der Waals surface area contributed by atoms with Gasteiger partial charge in [0.05, 0.1) is 11.7 Å². The van der Waals surface area contributed by atoms with Crippen LogP contribution in [0.4, 0.5) is 11.5 Å². The van der Waals surface area contributed by atoms with E-state index in [0.29, 0.717) is 26.2 Å². The number of hydrogen-bond acceptors (Lipinski definition) is 8. The summed E-state index contributed by atoms with van der Waals surface area (Å²) in [5.74, 6) is 0.989. The van der Waals surface area contributed by atoms with Gasteiger partial charge in [0.25, 0.3) is 0 Å². The number of benzene rings is 1. The smallest absolute Gasteiger partial charge is 0.248 e. The number of anilines is 2. The van der Waals surface area contributed by atoms with Crippen LogP contribution >= 0.6 is 0 Å². The van der Waals surface area contributed by atoms with Crippen LogP contribution in [0.3, 0.4) is 0 Å². The largest absolute Gasteiger partial charge is 0.369 e. The molecule has 0 aliphatic carbocycles. The van der Waals surface area contributed by atoms with Gasteiger partial charge in [0.1, 0.15) is 23.3 Å². The van der Waals surface area contributed by atoms with Crippen LogP contribution in [0.2, 0.25) is 0 Å². The molecule has 5 rings (SSSR count). The van der Waals surface area contributed by atoms with Gasteiger partial charge < -0.3 is 14.3 Å². The maximum Gasteiger partial charge on any atom is 0.248 e. The number of rotatable bonds is 4. The minimum absolute atomic E-state index is 0.101. The molecule has 2 aliphatic rings. The monoisotopic (exact) mass is 414 g/mol.